The van der Waals surface area contributed by atoms with Gasteiger partial charge in [-0.05, 0) is 17.7 Å². The second-order valence-electron chi connectivity index (χ2n) is 4.34. The third kappa shape index (κ3) is 4.25. The quantitative estimate of drug-likeness (QED) is 0.765. The molecule has 102 valence electrons. The van der Waals surface area contributed by atoms with Gasteiger partial charge in [-0.3, -0.25) is 9.59 Å². The van der Waals surface area contributed by atoms with Gasteiger partial charge in [0.05, 0.1) is 12.5 Å². The molecule has 1 aliphatic heterocycles. The van der Waals surface area contributed by atoms with Crippen LogP contribution in [0.1, 0.15) is 5.56 Å². The summed E-state index contributed by atoms with van der Waals surface area (Å²) < 4.78 is 0. The molecule has 1 saturated heterocycles. The van der Waals surface area contributed by atoms with Crippen LogP contribution < -0.4 is 10.6 Å². The van der Waals surface area contributed by atoms with Gasteiger partial charge in [-0.1, -0.05) is 12.1 Å². The molecule has 5 nitrogen and oxygen atoms in total. The van der Waals surface area contributed by atoms with Crippen LogP contribution >= 0.6 is 11.8 Å². The Morgan fingerprint density at radius 2 is 2.11 bits per heavy atom. The first kappa shape index (κ1) is 13.9. The average molecular weight is 280 g/mol. The third-order valence-corrected chi connectivity index (χ3v) is 3.88. The number of hydrogen-bond acceptors (Lipinski definition) is 4. The number of thioether (sulfide) groups is 1. The first-order valence-electron chi connectivity index (χ1n) is 6.08. The van der Waals surface area contributed by atoms with Crippen LogP contribution in [0.25, 0.3) is 0 Å². The van der Waals surface area contributed by atoms with Crippen molar-refractivity contribution < 1.29 is 14.7 Å². The van der Waals surface area contributed by atoms with Gasteiger partial charge in [-0.15, -0.1) is 0 Å². The maximum absolute atomic E-state index is 11.9. The molecule has 1 aliphatic rings. The van der Waals surface area contributed by atoms with Crippen LogP contribution in [0, 0.1) is 0 Å². The van der Waals surface area contributed by atoms with Gasteiger partial charge in [0.2, 0.25) is 5.91 Å². The van der Waals surface area contributed by atoms with Crippen molar-refractivity contribution in [2.45, 2.75) is 12.5 Å². The highest BCUT2D eigenvalue weighted by Gasteiger charge is 2.20. The Morgan fingerprint density at radius 3 is 2.68 bits per heavy atom. The van der Waals surface area contributed by atoms with Crippen molar-refractivity contribution in [1.82, 2.24) is 5.32 Å². The van der Waals surface area contributed by atoms with Crippen molar-refractivity contribution in [2.75, 3.05) is 23.4 Å². The fraction of sp³-hybridized carbons (Fsp3) is 0.385. The van der Waals surface area contributed by atoms with E-state index < -0.39 is 5.97 Å². The lowest BCUT2D eigenvalue weighted by atomic mass is 10.1. The van der Waals surface area contributed by atoms with E-state index in [1.54, 1.807) is 36.0 Å². The van der Waals surface area contributed by atoms with E-state index in [1.807, 2.05) is 0 Å². The summed E-state index contributed by atoms with van der Waals surface area (Å²) in [4.78, 5) is 22.5. The number of carbonyl (C=O) groups excluding carboxylic acids is 1. The maximum Gasteiger partial charge on any atom is 0.307 e. The van der Waals surface area contributed by atoms with Gasteiger partial charge in [0.1, 0.15) is 0 Å². The topological polar surface area (TPSA) is 78.4 Å². The Labute approximate surface area is 115 Å². The number of rotatable bonds is 4. The molecule has 3 N–H and O–H groups in total. The van der Waals surface area contributed by atoms with Gasteiger partial charge < -0.3 is 15.7 Å². The van der Waals surface area contributed by atoms with Gasteiger partial charge in [0.15, 0.2) is 0 Å². The first-order valence-corrected chi connectivity index (χ1v) is 7.23. The zero-order chi connectivity index (χ0) is 13.7. The summed E-state index contributed by atoms with van der Waals surface area (Å²) in [6, 6.07) is 6.73. The number of carboxylic acid groups (broad SMARTS) is 1. The van der Waals surface area contributed by atoms with E-state index in [0.717, 1.165) is 23.6 Å². The van der Waals surface area contributed by atoms with E-state index in [1.165, 1.54) is 0 Å². The molecule has 1 heterocycles. The van der Waals surface area contributed by atoms with Crippen molar-refractivity contribution in [2.24, 2.45) is 0 Å². The lowest BCUT2D eigenvalue weighted by molar-refractivity contribution is -0.136. The smallest absolute Gasteiger partial charge is 0.307 e. The fourth-order valence-corrected chi connectivity index (χ4v) is 2.78. The van der Waals surface area contributed by atoms with E-state index in [0.29, 0.717) is 5.69 Å². The Balaban J connectivity index is 1.91. The first-order chi connectivity index (χ1) is 9.15. The van der Waals surface area contributed by atoms with E-state index in [4.69, 9.17) is 5.11 Å². The number of benzene rings is 1. The average Bonchev–Trinajstić information content (AvgIpc) is 2.41. The van der Waals surface area contributed by atoms with Crippen molar-refractivity contribution in [3.8, 4) is 0 Å². The molecule has 0 saturated carbocycles. The molecule has 1 aromatic rings. The van der Waals surface area contributed by atoms with Crippen LogP contribution in [0.2, 0.25) is 0 Å². The number of carbonyl (C=O) groups is 2. The van der Waals surface area contributed by atoms with Crippen molar-refractivity contribution in [1.29, 1.82) is 0 Å². The Bertz CT molecular complexity index is 455. The molecule has 1 atom stereocenters. The predicted octanol–water partition coefficient (Wildman–Crippen LogP) is 0.957. The molecule has 0 aliphatic carbocycles. The van der Waals surface area contributed by atoms with Crippen LogP contribution in [0.3, 0.4) is 0 Å². The summed E-state index contributed by atoms with van der Waals surface area (Å²) in [7, 11) is 0. The standard InChI is InChI=1S/C13H16N2O3S/c16-12(17)7-9-1-3-10(4-2-9)15-13(18)11-8-19-6-5-14-11/h1-4,11,14H,5-8H2,(H,15,18)(H,16,17). The van der Waals surface area contributed by atoms with Crippen LogP contribution in [0.5, 0.6) is 0 Å². The van der Waals surface area contributed by atoms with E-state index in [-0.39, 0.29) is 18.4 Å². The SMILES string of the molecule is O=C(O)Cc1ccc(NC(=O)C2CSCCN2)cc1. The van der Waals surface area contributed by atoms with Crippen LogP contribution in [0.15, 0.2) is 24.3 Å². The minimum atomic E-state index is -0.861. The van der Waals surface area contributed by atoms with E-state index in [9.17, 15) is 9.59 Å². The lowest BCUT2D eigenvalue weighted by Crippen LogP contribution is -2.46. The van der Waals surface area contributed by atoms with Gasteiger partial charge in [0.25, 0.3) is 0 Å². The van der Waals surface area contributed by atoms with Crippen molar-refractivity contribution >= 4 is 29.3 Å². The largest absolute Gasteiger partial charge is 0.481 e. The summed E-state index contributed by atoms with van der Waals surface area (Å²) >= 11 is 1.76. The van der Waals surface area contributed by atoms with E-state index >= 15 is 0 Å². The molecule has 0 radical (unpaired) electrons. The number of anilines is 1. The third-order valence-electron chi connectivity index (χ3n) is 2.81. The molecule has 0 spiro atoms. The van der Waals surface area contributed by atoms with Gasteiger partial charge in [0, 0.05) is 23.7 Å². The molecular formula is C13H16N2O3S. The second kappa shape index (κ2) is 6.58. The normalized spacial score (nSPS) is 18.8. The lowest BCUT2D eigenvalue weighted by Gasteiger charge is -2.22. The highest BCUT2D eigenvalue weighted by Crippen LogP contribution is 2.13. The Hall–Kier alpha value is -1.53. The van der Waals surface area contributed by atoms with Gasteiger partial charge in [-0.25, -0.2) is 0 Å². The summed E-state index contributed by atoms with van der Waals surface area (Å²) in [5, 5.41) is 14.7. The minimum Gasteiger partial charge on any atom is -0.481 e. The molecule has 0 aromatic heterocycles. The fourth-order valence-electron chi connectivity index (χ4n) is 1.84. The zero-order valence-electron chi connectivity index (χ0n) is 10.4. The predicted molar refractivity (Wildman–Crippen MR) is 75.5 cm³/mol. The monoisotopic (exact) mass is 280 g/mol. The van der Waals surface area contributed by atoms with Gasteiger partial charge in [-0.2, -0.15) is 11.8 Å². The van der Waals surface area contributed by atoms with E-state index in [2.05, 4.69) is 10.6 Å². The van der Waals surface area contributed by atoms with Gasteiger partial charge >= 0.3 is 5.97 Å². The minimum absolute atomic E-state index is 0.00491. The zero-order valence-corrected chi connectivity index (χ0v) is 11.2. The van der Waals surface area contributed by atoms with Crippen LogP contribution in [0.4, 0.5) is 5.69 Å². The maximum atomic E-state index is 11.9. The highest BCUT2D eigenvalue weighted by atomic mass is 32.2. The molecule has 1 aromatic carbocycles. The van der Waals surface area contributed by atoms with Crippen LogP contribution in [-0.4, -0.2) is 41.1 Å². The summed E-state index contributed by atoms with van der Waals surface area (Å²) in [5.41, 5.74) is 1.41. The molecule has 0 bridgehead atoms. The molecule has 1 fully saturated rings. The number of hydrogen-bond donors (Lipinski definition) is 3. The molecular weight excluding hydrogens is 264 g/mol. The number of carboxylic acids is 1. The number of nitrogens with one attached hydrogen (secondary N) is 2. The highest BCUT2D eigenvalue weighted by molar-refractivity contribution is 7.99. The second-order valence-corrected chi connectivity index (χ2v) is 5.49. The molecule has 6 heteroatoms. The molecule has 19 heavy (non-hydrogen) atoms. The summed E-state index contributed by atoms with van der Waals surface area (Å²) in [6.07, 6.45) is -0.00491. The molecule has 1 unspecified atom stereocenters. The summed E-state index contributed by atoms with van der Waals surface area (Å²) in [6.45, 7) is 0.848. The number of aliphatic carboxylic acids is 1. The molecule has 1 amide bonds. The molecule has 2 rings (SSSR count). The number of amides is 1. The summed E-state index contributed by atoms with van der Waals surface area (Å²) in [5.74, 6) is 0.912. The van der Waals surface area contributed by atoms with Crippen molar-refractivity contribution in [3.05, 3.63) is 29.8 Å². The Kier molecular flexibility index (Phi) is 4.81. The Morgan fingerprint density at radius 1 is 1.37 bits per heavy atom. The van der Waals surface area contributed by atoms with Crippen LogP contribution in [-0.2, 0) is 16.0 Å². The van der Waals surface area contributed by atoms with Crippen molar-refractivity contribution in [3.63, 3.8) is 0 Å².